The van der Waals surface area contributed by atoms with Crippen LogP contribution < -0.4 is 4.72 Å². The molecule has 2 heterocycles. The number of ether oxygens (including phenoxy) is 1. The van der Waals surface area contributed by atoms with Gasteiger partial charge in [-0.25, -0.2) is 13.1 Å². The summed E-state index contributed by atoms with van der Waals surface area (Å²) in [7, 11) is -1.77. The molecule has 1 aliphatic rings. The third-order valence-corrected chi connectivity index (χ3v) is 4.61. The summed E-state index contributed by atoms with van der Waals surface area (Å²) in [5.74, 6) is 0. The number of morpholine rings is 1. The van der Waals surface area contributed by atoms with Gasteiger partial charge in [0.1, 0.15) is 4.90 Å². The molecular weight excluding hydrogens is 268 g/mol. The molecule has 8 heteroatoms. The first-order chi connectivity index (χ1) is 8.99. The number of aryl methyl sites for hydroxylation is 1. The third-order valence-electron chi connectivity index (χ3n) is 3.23. The summed E-state index contributed by atoms with van der Waals surface area (Å²) in [6, 6.07) is 0.148. The molecule has 2 rings (SSSR count). The molecule has 0 saturated carbocycles. The molecule has 1 atom stereocenters. The number of nitrogens with zero attached hydrogens (tertiary/aromatic N) is 3. The summed E-state index contributed by atoms with van der Waals surface area (Å²) in [5.41, 5.74) is 0. The van der Waals surface area contributed by atoms with Gasteiger partial charge in [-0.05, 0) is 6.92 Å². The Morgan fingerprint density at radius 2 is 2.16 bits per heavy atom. The zero-order valence-corrected chi connectivity index (χ0v) is 12.1. The van der Waals surface area contributed by atoms with Crippen molar-refractivity contribution < 1.29 is 13.2 Å². The minimum Gasteiger partial charge on any atom is -0.379 e. The molecule has 1 aromatic rings. The van der Waals surface area contributed by atoms with Crippen LogP contribution in [0, 0.1) is 0 Å². The average Bonchev–Trinajstić information content (AvgIpc) is 2.85. The van der Waals surface area contributed by atoms with Crippen LogP contribution in [-0.2, 0) is 21.8 Å². The Balaban J connectivity index is 1.90. The first-order valence-electron chi connectivity index (χ1n) is 6.29. The smallest absolute Gasteiger partial charge is 0.243 e. The largest absolute Gasteiger partial charge is 0.379 e. The molecule has 0 amide bonds. The van der Waals surface area contributed by atoms with Crippen molar-refractivity contribution in [3.05, 3.63) is 12.4 Å². The molecular formula is C11H20N4O3S. The van der Waals surface area contributed by atoms with Gasteiger partial charge in [0.25, 0.3) is 0 Å². The molecule has 1 saturated heterocycles. The van der Waals surface area contributed by atoms with Crippen molar-refractivity contribution in [3.8, 4) is 0 Å². The Kier molecular flexibility index (Phi) is 4.56. The maximum Gasteiger partial charge on any atom is 0.243 e. The molecule has 0 radical (unpaired) electrons. The Morgan fingerprint density at radius 3 is 2.74 bits per heavy atom. The van der Waals surface area contributed by atoms with Crippen molar-refractivity contribution in [1.82, 2.24) is 19.4 Å². The summed E-state index contributed by atoms with van der Waals surface area (Å²) in [6.45, 7) is 5.50. The Hall–Kier alpha value is -0.960. The molecule has 1 aliphatic heterocycles. The van der Waals surface area contributed by atoms with Crippen molar-refractivity contribution in [2.24, 2.45) is 7.05 Å². The highest BCUT2D eigenvalue weighted by molar-refractivity contribution is 7.89. The number of hydrogen-bond acceptors (Lipinski definition) is 5. The topological polar surface area (TPSA) is 76.5 Å². The van der Waals surface area contributed by atoms with Crippen molar-refractivity contribution in [1.29, 1.82) is 0 Å². The molecule has 1 aromatic heterocycles. The second-order valence-corrected chi connectivity index (χ2v) is 6.47. The van der Waals surface area contributed by atoms with Crippen LogP contribution in [0.25, 0.3) is 0 Å². The quantitative estimate of drug-likeness (QED) is 0.784. The van der Waals surface area contributed by atoms with Crippen LogP contribution in [0.15, 0.2) is 17.3 Å². The number of hydrogen-bond donors (Lipinski definition) is 1. The lowest BCUT2D eigenvalue weighted by Crippen LogP contribution is -2.47. The number of sulfonamides is 1. The van der Waals surface area contributed by atoms with Gasteiger partial charge in [0.2, 0.25) is 10.0 Å². The number of rotatable bonds is 5. The van der Waals surface area contributed by atoms with Gasteiger partial charge < -0.3 is 4.74 Å². The lowest BCUT2D eigenvalue weighted by molar-refractivity contribution is 0.0213. The van der Waals surface area contributed by atoms with Gasteiger partial charge in [0.15, 0.2) is 0 Å². The minimum absolute atomic E-state index is 0.148. The molecule has 1 fully saturated rings. The van der Waals surface area contributed by atoms with Crippen molar-refractivity contribution >= 4 is 10.0 Å². The van der Waals surface area contributed by atoms with Crippen molar-refractivity contribution in [2.45, 2.75) is 17.9 Å². The van der Waals surface area contributed by atoms with Gasteiger partial charge in [0, 0.05) is 38.9 Å². The molecule has 7 nitrogen and oxygen atoms in total. The van der Waals surface area contributed by atoms with Gasteiger partial charge in [-0.15, -0.1) is 0 Å². The van der Waals surface area contributed by atoms with E-state index >= 15 is 0 Å². The van der Waals surface area contributed by atoms with Crippen LogP contribution in [0.1, 0.15) is 6.92 Å². The van der Waals surface area contributed by atoms with Gasteiger partial charge in [0.05, 0.1) is 19.4 Å². The van der Waals surface area contributed by atoms with Crippen LogP contribution in [0.4, 0.5) is 0 Å². The third kappa shape index (κ3) is 3.75. The number of nitrogens with one attached hydrogen (secondary N) is 1. The highest BCUT2D eigenvalue weighted by Gasteiger charge is 2.21. The van der Waals surface area contributed by atoms with E-state index in [0.29, 0.717) is 19.8 Å². The van der Waals surface area contributed by atoms with E-state index in [9.17, 15) is 8.42 Å². The van der Waals surface area contributed by atoms with E-state index in [0.717, 1.165) is 13.1 Å². The minimum atomic E-state index is -3.46. The van der Waals surface area contributed by atoms with Gasteiger partial charge in [-0.1, -0.05) is 0 Å². The Bertz CT molecular complexity index is 508. The molecule has 0 spiro atoms. The van der Waals surface area contributed by atoms with E-state index in [1.54, 1.807) is 7.05 Å². The van der Waals surface area contributed by atoms with E-state index in [4.69, 9.17) is 4.74 Å². The molecule has 0 aliphatic carbocycles. The predicted molar refractivity (Wildman–Crippen MR) is 70.3 cm³/mol. The normalized spacial score (nSPS) is 19.5. The van der Waals surface area contributed by atoms with Crippen LogP contribution in [0.2, 0.25) is 0 Å². The maximum absolute atomic E-state index is 12.0. The summed E-state index contributed by atoms with van der Waals surface area (Å²) in [5, 5.41) is 3.87. The highest BCUT2D eigenvalue weighted by atomic mass is 32.2. The van der Waals surface area contributed by atoms with E-state index in [1.807, 2.05) is 6.92 Å². The number of aromatic nitrogens is 2. The zero-order valence-electron chi connectivity index (χ0n) is 11.2. The second kappa shape index (κ2) is 6.00. The Labute approximate surface area is 113 Å². The van der Waals surface area contributed by atoms with E-state index in [-0.39, 0.29) is 10.9 Å². The van der Waals surface area contributed by atoms with Gasteiger partial charge in [-0.2, -0.15) is 5.10 Å². The SMILES string of the molecule is C[C@@H](CNS(=O)(=O)c1cnn(C)c1)N1CCOCC1. The standard InChI is InChI=1S/C11H20N4O3S/c1-10(15-3-5-18-6-4-15)7-13-19(16,17)11-8-12-14(2)9-11/h8-10,13H,3-7H2,1-2H3/t10-/m0/s1. The molecule has 0 aromatic carbocycles. The fourth-order valence-electron chi connectivity index (χ4n) is 2.00. The summed E-state index contributed by atoms with van der Waals surface area (Å²) in [4.78, 5) is 2.42. The van der Waals surface area contributed by atoms with Crippen molar-refractivity contribution in [2.75, 3.05) is 32.8 Å². The molecule has 1 N–H and O–H groups in total. The molecule has 0 bridgehead atoms. The van der Waals surface area contributed by atoms with E-state index in [2.05, 4.69) is 14.7 Å². The first-order valence-corrected chi connectivity index (χ1v) is 7.77. The van der Waals surface area contributed by atoms with Crippen molar-refractivity contribution in [3.63, 3.8) is 0 Å². The average molecular weight is 288 g/mol. The van der Waals surface area contributed by atoms with Crippen LogP contribution in [0.3, 0.4) is 0 Å². The van der Waals surface area contributed by atoms with E-state index < -0.39 is 10.0 Å². The lowest BCUT2D eigenvalue weighted by atomic mass is 10.2. The summed E-state index contributed by atoms with van der Waals surface area (Å²) >= 11 is 0. The fraction of sp³-hybridized carbons (Fsp3) is 0.727. The summed E-state index contributed by atoms with van der Waals surface area (Å²) in [6.07, 6.45) is 2.84. The second-order valence-electron chi connectivity index (χ2n) is 4.70. The van der Waals surface area contributed by atoms with Gasteiger partial charge in [-0.3, -0.25) is 9.58 Å². The Morgan fingerprint density at radius 1 is 1.47 bits per heavy atom. The lowest BCUT2D eigenvalue weighted by Gasteiger charge is -2.32. The monoisotopic (exact) mass is 288 g/mol. The van der Waals surface area contributed by atoms with Crippen LogP contribution in [0.5, 0.6) is 0 Å². The van der Waals surface area contributed by atoms with E-state index in [1.165, 1.54) is 17.1 Å². The van der Waals surface area contributed by atoms with Gasteiger partial charge >= 0.3 is 0 Å². The fourth-order valence-corrected chi connectivity index (χ4v) is 3.10. The zero-order chi connectivity index (χ0) is 13.9. The predicted octanol–water partition coefficient (Wildman–Crippen LogP) is -0.581. The highest BCUT2D eigenvalue weighted by Crippen LogP contribution is 2.07. The van der Waals surface area contributed by atoms with Crippen LogP contribution in [-0.4, -0.2) is 62.0 Å². The first kappa shape index (κ1) is 14.4. The molecule has 0 unspecified atom stereocenters. The summed E-state index contributed by atoms with van der Waals surface area (Å²) < 4.78 is 33.4. The maximum atomic E-state index is 12.0. The molecule has 19 heavy (non-hydrogen) atoms. The molecule has 108 valence electrons. The van der Waals surface area contributed by atoms with Crippen LogP contribution >= 0.6 is 0 Å².